The van der Waals surface area contributed by atoms with Gasteiger partial charge in [0.15, 0.2) is 0 Å². The number of rotatable bonds is 6. The molecule has 1 aliphatic carbocycles. The number of aromatic nitrogens is 6. The second-order valence-electron chi connectivity index (χ2n) is 8.15. The molecule has 3 heterocycles. The van der Waals surface area contributed by atoms with Crippen LogP contribution < -0.4 is 4.74 Å². The van der Waals surface area contributed by atoms with Crippen LogP contribution in [0.1, 0.15) is 56.1 Å². The lowest BCUT2D eigenvalue weighted by molar-refractivity contribution is -0.184. The first kappa shape index (κ1) is 25.4. The van der Waals surface area contributed by atoms with Gasteiger partial charge >= 0.3 is 12.1 Å². The summed E-state index contributed by atoms with van der Waals surface area (Å²) in [4.78, 5) is 20.9. The topological polar surface area (TPSA) is 96.9 Å². The van der Waals surface area contributed by atoms with Crippen LogP contribution >= 0.6 is 0 Å². The van der Waals surface area contributed by atoms with E-state index in [-0.39, 0.29) is 50.2 Å². The van der Waals surface area contributed by atoms with Crippen LogP contribution in [0.25, 0.3) is 17.0 Å². The number of ether oxygens (including phenoxy) is 2. The van der Waals surface area contributed by atoms with Crippen molar-refractivity contribution < 1.29 is 27.4 Å². The van der Waals surface area contributed by atoms with Crippen molar-refractivity contribution in [3.63, 3.8) is 0 Å². The van der Waals surface area contributed by atoms with Gasteiger partial charge in [-0.15, -0.1) is 0 Å². The van der Waals surface area contributed by atoms with E-state index in [9.17, 15) is 18.0 Å². The number of hydrogen-bond acceptors (Lipinski definition) is 7. The van der Waals surface area contributed by atoms with Crippen molar-refractivity contribution >= 4 is 17.0 Å². The zero-order valence-corrected chi connectivity index (χ0v) is 18.6. The van der Waals surface area contributed by atoms with Crippen molar-refractivity contribution in [1.82, 2.24) is 29.5 Å². The third-order valence-corrected chi connectivity index (χ3v) is 5.94. The Labute approximate surface area is 195 Å². The lowest BCUT2D eigenvalue weighted by Gasteiger charge is -2.29. The number of methoxy groups -OCH3 is 1. The molecule has 0 amide bonds. The van der Waals surface area contributed by atoms with Crippen LogP contribution in [0.2, 0.25) is 0 Å². The van der Waals surface area contributed by atoms with Gasteiger partial charge in [-0.05, 0) is 45.4 Å². The predicted octanol–water partition coefficient (Wildman–Crippen LogP) is 4.51. The Morgan fingerprint density at radius 1 is 1.21 bits per heavy atom. The standard InChI is InChI=1S/C21H25F3N6O3.CH4/c1-4-33-19(31)14-9-25-30(11-14)20-26-16-12(2)28-29(17(16)18(27-20)32-3)10-13-5-7-15(8-6-13)21(22,23)24;/h9,11,13,15H,4-8,10H2,1-3H3;1H4. The molecule has 0 unspecified atom stereocenters. The molecule has 3 aromatic rings. The maximum absolute atomic E-state index is 13.0. The molecule has 0 aromatic carbocycles. The van der Waals surface area contributed by atoms with Gasteiger partial charge in [-0.25, -0.2) is 14.5 Å². The van der Waals surface area contributed by atoms with Gasteiger partial charge in [0.25, 0.3) is 5.95 Å². The molecule has 0 aliphatic heterocycles. The molecule has 0 spiro atoms. The minimum absolute atomic E-state index is 0. The molecule has 186 valence electrons. The summed E-state index contributed by atoms with van der Waals surface area (Å²) in [5.74, 6) is -1.18. The van der Waals surface area contributed by atoms with Crippen molar-refractivity contribution in [1.29, 1.82) is 0 Å². The summed E-state index contributed by atoms with van der Waals surface area (Å²) in [6.45, 7) is 4.22. The van der Waals surface area contributed by atoms with E-state index in [0.717, 1.165) is 0 Å². The molecule has 1 fully saturated rings. The van der Waals surface area contributed by atoms with Gasteiger partial charge in [-0.3, -0.25) is 4.68 Å². The zero-order chi connectivity index (χ0) is 23.8. The summed E-state index contributed by atoms with van der Waals surface area (Å²) in [7, 11) is 1.47. The summed E-state index contributed by atoms with van der Waals surface area (Å²) in [6.07, 6.45) is -0.0694. The first-order valence-corrected chi connectivity index (χ1v) is 10.8. The van der Waals surface area contributed by atoms with Crippen molar-refractivity contribution in [2.24, 2.45) is 11.8 Å². The van der Waals surface area contributed by atoms with Gasteiger partial charge in [0.1, 0.15) is 11.0 Å². The Morgan fingerprint density at radius 3 is 2.53 bits per heavy atom. The van der Waals surface area contributed by atoms with Gasteiger partial charge in [0.2, 0.25) is 5.88 Å². The Kier molecular flexibility index (Phi) is 7.47. The minimum atomic E-state index is -4.13. The lowest BCUT2D eigenvalue weighted by atomic mass is 9.81. The summed E-state index contributed by atoms with van der Waals surface area (Å²) < 4.78 is 52.5. The number of nitrogens with zero attached hydrogens (tertiary/aromatic N) is 6. The van der Waals surface area contributed by atoms with Gasteiger partial charge in [0.05, 0.1) is 37.1 Å². The normalized spacial score (nSPS) is 18.5. The van der Waals surface area contributed by atoms with E-state index in [1.165, 1.54) is 24.2 Å². The molecule has 34 heavy (non-hydrogen) atoms. The van der Waals surface area contributed by atoms with Crippen LogP contribution in [0.3, 0.4) is 0 Å². The fraction of sp³-hybridized carbons (Fsp3) is 0.591. The van der Waals surface area contributed by atoms with Gasteiger partial charge in [-0.1, -0.05) is 7.43 Å². The molecule has 3 aromatic heterocycles. The van der Waals surface area contributed by atoms with Crippen LogP contribution in [0.4, 0.5) is 13.2 Å². The average molecular weight is 483 g/mol. The number of hydrogen-bond donors (Lipinski definition) is 0. The van der Waals surface area contributed by atoms with Crippen molar-refractivity contribution in [2.45, 2.75) is 59.7 Å². The molecular weight excluding hydrogens is 453 g/mol. The highest BCUT2D eigenvalue weighted by Crippen LogP contribution is 2.40. The Bertz CT molecular complexity index is 1150. The predicted molar refractivity (Wildman–Crippen MR) is 118 cm³/mol. The number of halogens is 3. The minimum Gasteiger partial charge on any atom is -0.479 e. The first-order valence-electron chi connectivity index (χ1n) is 10.8. The molecular formula is C22H29F3N6O3. The molecule has 0 atom stereocenters. The quantitative estimate of drug-likeness (QED) is 0.477. The van der Waals surface area contributed by atoms with E-state index < -0.39 is 18.1 Å². The fourth-order valence-corrected chi connectivity index (χ4v) is 4.23. The van der Waals surface area contributed by atoms with Gasteiger partial charge in [0, 0.05) is 12.7 Å². The molecule has 9 nitrogen and oxygen atoms in total. The smallest absolute Gasteiger partial charge is 0.391 e. The molecule has 0 saturated heterocycles. The molecule has 1 aliphatic rings. The fourth-order valence-electron chi connectivity index (χ4n) is 4.23. The van der Waals surface area contributed by atoms with Crippen LogP contribution in [-0.4, -0.2) is 55.4 Å². The summed E-state index contributed by atoms with van der Waals surface area (Å²) in [5.41, 5.74) is 2.03. The van der Waals surface area contributed by atoms with Crippen molar-refractivity contribution in [3.8, 4) is 11.8 Å². The number of fused-ring (bicyclic) bond motifs is 1. The van der Waals surface area contributed by atoms with Crippen LogP contribution in [0, 0.1) is 18.8 Å². The number of alkyl halides is 3. The highest BCUT2D eigenvalue weighted by Gasteiger charge is 2.41. The van der Waals surface area contributed by atoms with Crippen molar-refractivity contribution in [2.75, 3.05) is 13.7 Å². The molecule has 0 bridgehead atoms. The Balaban J connectivity index is 0.00000324. The lowest BCUT2D eigenvalue weighted by Crippen LogP contribution is -2.29. The largest absolute Gasteiger partial charge is 0.479 e. The van der Waals surface area contributed by atoms with Crippen LogP contribution in [0.15, 0.2) is 12.4 Å². The molecule has 4 rings (SSSR count). The van der Waals surface area contributed by atoms with E-state index in [1.807, 2.05) is 0 Å². The second-order valence-corrected chi connectivity index (χ2v) is 8.15. The molecule has 0 radical (unpaired) electrons. The summed E-state index contributed by atoms with van der Waals surface area (Å²) in [5, 5.41) is 8.71. The second kappa shape index (κ2) is 9.98. The van der Waals surface area contributed by atoms with Crippen molar-refractivity contribution in [3.05, 3.63) is 23.7 Å². The first-order chi connectivity index (χ1) is 15.7. The summed E-state index contributed by atoms with van der Waals surface area (Å²) >= 11 is 0. The Hall–Kier alpha value is -3.18. The van der Waals surface area contributed by atoms with Crippen LogP contribution in [-0.2, 0) is 11.3 Å². The van der Waals surface area contributed by atoms with Gasteiger partial charge < -0.3 is 9.47 Å². The van der Waals surface area contributed by atoms with E-state index in [1.54, 1.807) is 18.5 Å². The zero-order valence-electron chi connectivity index (χ0n) is 18.6. The highest BCUT2D eigenvalue weighted by atomic mass is 19.4. The van der Waals surface area contributed by atoms with E-state index in [2.05, 4.69) is 20.2 Å². The van der Waals surface area contributed by atoms with E-state index >= 15 is 0 Å². The SMILES string of the molecule is C.CCOC(=O)c1cnn(-c2nc(OC)c3c(n2)c(C)nn3CC2CCC(C(F)(F)F)CC2)c1. The third kappa shape index (κ3) is 5.00. The third-order valence-electron chi connectivity index (χ3n) is 5.94. The van der Waals surface area contributed by atoms with Crippen LogP contribution in [0.5, 0.6) is 5.88 Å². The maximum atomic E-state index is 13.0. The highest BCUT2D eigenvalue weighted by molar-refractivity contribution is 5.89. The number of esters is 1. The Morgan fingerprint density at radius 2 is 1.91 bits per heavy atom. The molecule has 1 saturated carbocycles. The number of carbonyl (C=O) groups is 1. The van der Waals surface area contributed by atoms with E-state index in [0.29, 0.717) is 36.1 Å². The molecule has 12 heteroatoms. The van der Waals surface area contributed by atoms with Gasteiger partial charge in [-0.2, -0.15) is 28.4 Å². The number of carbonyl (C=O) groups excluding carboxylic acids is 1. The average Bonchev–Trinajstić information content (AvgIpc) is 3.39. The maximum Gasteiger partial charge on any atom is 0.391 e. The van der Waals surface area contributed by atoms with E-state index in [4.69, 9.17) is 9.47 Å². The number of aryl methyl sites for hydroxylation is 1. The monoisotopic (exact) mass is 482 g/mol. The summed E-state index contributed by atoms with van der Waals surface area (Å²) in [6, 6.07) is 0. The molecule has 0 N–H and O–H groups in total.